The lowest BCUT2D eigenvalue weighted by molar-refractivity contribution is -0.143. The maximum absolute atomic E-state index is 11.2. The Morgan fingerprint density at radius 3 is 2.51 bits per heavy atom. The van der Waals surface area contributed by atoms with Crippen LogP contribution in [-0.2, 0) is 11.2 Å². The second-order valence-corrected chi connectivity index (χ2v) is 10.0. The molecule has 3 heterocycles. The lowest BCUT2D eigenvalue weighted by Gasteiger charge is -2.29. The Kier molecular flexibility index (Phi) is 6.77. The van der Waals surface area contributed by atoms with Gasteiger partial charge in [0.2, 0.25) is 0 Å². The van der Waals surface area contributed by atoms with E-state index in [1.54, 1.807) is 6.20 Å². The standard InChI is InChI=1S/C28H32N4O3/c1-17-12-24(31-27(13-17)32-26-14-21(10-11-29-26)18-2-3-18)22-8-9-23(30-16-22)15-25(33)19-4-6-20(7-5-19)28(34)35/h8-14,16,18-20,25,33H,2-7,15H2,1H3,(H,34,35)(H,29,31,32)/t19-,20-,25?. The molecule has 3 aromatic heterocycles. The number of aliphatic carboxylic acids is 1. The van der Waals surface area contributed by atoms with Crippen molar-refractivity contribution in [2.45, 2.75) is 63.9 Å². The quantitative estimate of drug-likeness (QED) is 0.410. The molecule has 2 aliphatic carbocycles. The van der Waals surface area contributed by atoms with Gasteiger partial charge < -0.3 is 15.5 Å². The van der Waals surface area contributed by atoms with Crippen molar-refractivity contribution in [3.8, 4) is 11.3 Å². The molecule has 0 spiro atoms. The van der Waals surface area contributed by atoms with Gasteiger partial charge in [-0.1, -0.05) is 0 Å². The number of anilines is 2. The Balaban J connectivity index is 1.24. The second-order valence-electron chi connectivity index (χ2n) is 10.0. The van der Waals surface area contributed by atoms with E-state index in [0.717, 1.165) is 47.0 Å². The summed E-state index contributed by atoms with van der Waals surface area (Å²) >= 11 is 0. The molecule has 3 aromatic rings. The maximum atomic E-state index is 11.2. The minimum absolute atomic E-state index is 0.131. The molecule has 0 amide bonds. The molecule has 1 atom stereocenters. The zero-order valence-electron chi connectivity index (χ0n) is 20.0. The van der Waals surface area contributed by atoms with Crippen molar-refractivity contribution in [2.24, 2.45) is 11.8 Å². The second kappa shape index (κ2) is 10.1. The number of carbonyl (C=O) groups is 1. The van der Waals surface area contributed by atoms with Crippen molar-refractivity contribution in [3.05, 3.63) is 65.6 Å². The largest absolute Gasteiger partial charge is 0.481 e. The van der Waals surface area contributed by atoms with E-state index in [0.29, 0.717) is 25.2 Å². The molecule has 1 unspecified atom stereocenters. The zero-order valence-corrected chi connectivity index (χ0v) is 20.0. The number of pyridine rings is 3. The first kappa shape index (κ1) is 23.4. The number of carboxylic acids is 1. The molecule has 2 saturated carbocycles. The average Bonchev–Trinajstić information content (AvgIpc) is 3.70. The Labute approximate surface area is 205 Å². The number of aromatic nitrogens is 3. The monoisotopic (exact) mass is 472 g/mol. The number of hydrogen-bond acceptors (Lipinski definition) is 6. The van der Waals surface area contributed by atoms with E-state index in [2.05, 4.69) is 27.4 Å². The summed E-state index contributed by atoms with van der Waals surface area (Å²) in [7, 11) is 0. The van der Waals surface area contributed by atoms with Crippen molar-refractivity contribution in [1.82, 2.24) is 15.0 Å². The molecule has 35 heavy (non-hydrogen) atoms. The smallest absolute Gasteiger partial charge is 0.306 e. The summed E-state index contributed by atoms with van der Waals surface area (Å²) in [5, 5.41) is 23.2. The van der Waals surface area contributed by atoms with E-state index in [1.165, 1.54) is 18.4 Å². The first-order valence-electron chi connectivity index (χ1n) is 12.5. The summed E-state index contributed by atoms with van der Waals surface area (Å²) < 4.78 is 0. The number of hydrogen-bond donors (Lipinski definition) is 3. The Morgan fingerprint density at radius 1 is 1.03 bits per heavy atom. The lowest BCUT2D eigenvalue weighted by atomic mass is 9.78. The van der Waals surface area contributed by atoms with Crippen molar-refractivity contribution < 1.29 is 15.0 Å². The third-order valence-corrected chi connectivity index (χ3v) is 7.26. The lowest BCUT2D eigenvalue weighted by Crippen LogP contribution is -2.30. The van der Waals surface area contributed by atoms with E-state index in [4.69, 9.17) is 4.98 Å². The number of nitrogens with one attached hydrogen (secondary N) is 1. The van der Waals surface area contributed by atoms with Crippen LogP contribution in [0.25, 0.3) is 11.3 Å². The van der Waals surface area contributed by atoms with Crippen molar-refractivity contribution in [3.63, 3.8) is 0 Å². The normalized spacial score (nSPS) is 20.9. The molecule has 0 radical (unpaired) electrons. The molecule has 0 aliphatic heterocycles. The fourth-order valence-electron chi connectivity index (χ4n) is 5.02. The molecule has 2 aliphatic rings. The highest BCUT2D eigenvalue weighted by Crippen LogP contribution is 2.40. The van der Waals surface area contributed by atoms with Crippen LogP contribution < -0.4 is 5.32 Å². The molecule has 5 rings (SSSR count). The van der Waals surface area contributed by atoms with Crippen molar-refractivity contribution in [2.75, 3.05) is 5.32 Å². The number of aliphatic hydroxyl groups is 1. The van der Waals surface area contributed by atoms with E-state index < -0.39 is 12.1 Å². The number of rotatable bonds is 8. The Hall–Kier alpha value is -3.32. The summed E-state index contributed by atoms with van der Waals surface area (Å²) in [6.45, 7) is 2.04. The molecule has 3 N–H and O–H groups in total. The molecular formula is C28H32N4O3. The predicted octanol–water partition coefficient (Wildman–Crippen LogP) is 5.26. The zero-order chi connectivity index (χ0) is 24.4. The van der Waals surface area contributed by atoms with Gasteiger partial charge in [0.25, 0.3) is 0 Å². The first-order chi connectivity index (χ1) is 16.9. The van der Waals surface area contributed by atoms with Crippen LogP contribution in [-0.4, -0.2) is 37.2 Å². The van der Waals surface area contributed by atoms with Gasteiger partial charge in [0, 0.05) is 30.1 Å². The molecule has 0 bridgehead atoms. The van der Waals surface area contributed by atoms with Crippen LogP contribution in [0.4, 0.5) is 11.6 Å². The van der Waals surface area contributed by atoms with E-state index in [1.807, 2.05) is 37.4 Å². The van der Waals surface area contributed by atoms with Crippen LogP contribution in [0.5, 0.6) is 0 Å². The summed E-state index contributed by atoms with van der Waals surface area (Å²) in [6, 6.07) is 12.2. The van der Waals surface area contributed by atoms with Crippen molar-refractivity contribution in [1.29, 1.82) is 0 Å². The van der Waals surface area contributed by atoms with E-state index >= 15 is 0 Å². The molecule has 0 saturated heterocycles. The van der Waals surface area contributed by atoms with Crippen LogP contribution in [0.1, 0.15) is 61.3 Å². The molecule has 2 fully saturated rings. The van der Waals surface area contributed by atoms with Crippen LogP contribution in [0.2, 0.25) is 0 Å². The average molecular weight is 473 g/mol. The number of aryl methyl sites for hydroxylation is 1. The van der Waals surface area contributed by atoms with Gasteiger partial charge in [-0.05, 0) is 105 Å². The summed E-state index contributed by atoms with van der Waals surface area (Å²) in [6.07, 6.45) is 8.90. The highest BCUT2D eigenvalue weighted by Gasteiger charge is 2.30. The topological polar surface area (TPSA) is 108 Å². The Bertz CT molecular complexity index is 1190. The van der Waals surface area contributed by atoms with Crippen LogP contribution in [0.15, 0.2) is 48.8 Å². The molecule has 182 valence electrons. The SMILES string of the molecule is Cc1cc(Nc2cc(C3CC3)ccn2)nc(-c2ccc(CC(O)[C@H]3CC[C@H](C(=O)O)CC3)nc2)c1. The third-order valence-electron chi connectivity index (χ3n) is 7.26. The molecular weight excluding hydrogens is 440 g/mol. The minimum atomic E-state index is -0.721. The first-order valence-corrected chi connectivity index (χ1v) is 12.5. The Morgan fingerprint density at radius 2 is 1.83 bits per heavy atom. The van der Waals surface area contributed by atoms with Crippen LogP contribution in [0, 0.1) is 18.8 Å². The van der Waals surface area contributed by atoms with Gasteiger partial charge in [-0.15, -0.1) is 0 Å². The maximum Gasteiger partial charge on any atom is 0.306 e. The number of aliphatic hydroxyl groups excluding tert-OH is 1. The summed E-state index contributed by atoms with van der Waals surface area (Å²) in [5.41, 5.74) is 4.99. The summed E-state index contributed by atoms with van der Waals surface area (Å²) in [5.74, 6) is 1.36. The molecule has 7 heteroatoms. The minimum Gasteiger partial charge on any atom is -0.481 e. The molecule has 0 aromatic carbocycles. The van der Waals surface area contributed by atoms with Gasteiger partial charge in [0.05, 0.1) is 17.7 Å². The number of nitrogens with zero attached hydrogens (tertiary/aromatic N) is 3. The third kappa shape index (κ3) is 5.85. The van der Waals surface area contributed by atoms with Crippen LogP contribution >= 0.6 is 0 Å². The highest BCUT2D eigenvalue weighted by molar-refractivity contribution is 5.70. The van der Waals surface area contributed by atoms with E-state index in [-0.39, 0.29) is 11.8 Å². The van der Waals surface area contributed by atoms with Crippen molar-refractivity contribution >= 4 is 17.6 Å². The van der Waals surface area contributed by atoms with E-state index in [9.17, 15) is 15.0 Å². The fraction of sp³-hybridized carbons (Fsp3) is 0.429. The van der Waals surface area contributed by atoms with Gasteiger partial charge >= 0.3 is 5.97 Å². The fourth-order valence-corrected chi connectivity index (χ4v) is 5.02. The number of carboxylic acid groups (broad SMARTS) is 1. The van der Waals surface area contributed by atoms with Crippen LogP contribution in [0.3, 0.4) is 0 Å². The predicted molar refractivity (Wildman–Crippen MR) is 134 cm³/mol. The van der Waals surface area contributed by atoms with Gasteiger partial charge in [-0.3, -0.25) is 9.78 Å². The molecule has 7 nitrogen and oxygen atoms in total. The van der Waals surface area contributed by atoms with Gasteiger partial charge in [0.15, 0.2) is 0 Å². The summed E-state index contributed by atoms with van der Waals surface area (Å²) in [4.78, 5) is 25.0. The highest BCUT2D eigenvalue weighted by atomic mass is 16.4. The van der Waals surface area contributed by atoms with Gasteiger partial charge in [0.1, 0.15) is 11.6 Å². The van der Waals surface area contributed by atoms with Gasteiger partial charge in [-0.25, -0.2) is 9.97 Å². The van der Waals surface area contributed by atoms with Gasteiger partial charge in [-0.2, -0.15) is 0 Å².